The quantitative estimate of drug-likeness (QED) is 0.762. The van der Waals surface area contributed by atoms with Crippen LogP contribution in [-0.2, 0) is 0 Å². The number of halogens is 1. The van der Waals surface area contributed by atoms with Gasteiger partial charge in [-0.25, -0.2) is 4.39 Å². The lowest BCUT2D eigenvalue weighted by Gasteiger charge is -2.18. The highest BCUT2D eigenvalue weighted by Crippen LogP contribution is 2.44. The first-order chi connectivity index (χ1) is 7.66. The van der Waals surface area contributed by atoms with Gasteiger partial charge in [0.15, 0.2) is 0 Å². The molecule has 1 heterocycles. The van der Waals surface area contributed by atoms with Crippen molar-refractivity contribution < 1.29 is 9.18 Å². The van der Waals surface area contributed by atoms with Crippen molar-refractivity contribution in [2.75, 3.05) is 13.1 Å². The molecular formula is C12H13FN2O. The topological polar surface area (TPSA) is 46.3 Å². The highest BCUT2D eigenvalue weighted by atomic mass is 19.1. The van der Waals surface area contributed by atoms with Crippen LogP contribution >= 0.6 is 0 Å². The molecule has 1 aliphatic carbocycles. The van der Waals surface area contributed by atoms with Gasteiger partial charge in [-0.15, -0.1) is 0 Å². The first-order valence-electron chi connectivity index (χ1n) is 5.47. The van der Waals surface area contributed by atoms with E-state index in [2.05, 4.69) is 0 Å². The minimum atomic E-state index is -0.317. The summed E-state index contributed by atoms with van der Waals surface area (Å²) < 4.78 is 12.7. The summed E-state index contributed by atoms with van der Waals surface area (Å²) in [6.07, 6.45) is 0. The van der Waals surface area contributed by atoms with Crippen LogP contribution < -0.4 is 5.73 Å². The number of benzene rings is 1. The Morgan fingerprint density at radius 2 is 1.81 bits per heavy atom. The van der Waals surface area contributed by atoms with Gasteiger partial charge in [-0.05, 0) is 36.1 Å². The number of hydrogen-bond acceptors (Lipinski definition) is 2. The summed E-state index contributed by atoms with van der Waals surface area (Å²) in [6.45, 7) is 1.50. The smallest absolute Gasteiger partial charge is 0.253 e. The van der Waals surface area contributed by atoms with E-state index in [-0.39, 0.29) is 17.8 Å². The van der Waals surface area contributed by atoms with Gasteiger partial charge in [-0.3, -0.25) is 4.79 Å². The maximum Gasteiger partial charge on any atom is 0.253 e. The average Bonchev–Trinajstić information content (AvgIpc) is 2.75. The third-order valence-electron chi connectivity index (χ3n) is 3.64. The number of hydrogen-bond donors (Lipinski definition) is 1. The SMILES string of the molecule is NC1C2CN(C(=O)c3ccc(F)cc3)CC12. The zero-order chi connectivity index (χ0) is 11.3. The summed E-state index contributed by atoms with van der Waals surface area (Å²) in [5.41, 5.74) is 6.36. The predicted molar refractivity (Wildman–Crippen MR) is 57.3 cm³/mol. The lowest BCUT2D eigenvalue weighted by Crippen LogP contribution is -2.33. The Balaban J connectivity index is 1.72. The summed E-state index contributed by atoms with van der Waals surface area (Å²) in [4.78, 5) is 13.8. The van der Waals surface area contributed by atoms with E-state index < -0.39 is 0 Å². The van der Waals surface area contributed by atoms with Crippen LogP contribution in [0.15, 0.2) is 24.3 Å². The minimum Gasteiger partial charge on any atom is -0.338 e. The molecule has 2 aliphatic rings. The van der Waals surface area contributed by atoms with Crippen LogP contribution in [0.1, 0.15) is 10.4 Å². The zero-order valence-corrected chi connectivity index (χ0v) is 8.77. The number of rotatable bonds is 1. The summed E-state index contributed by atoms with van der Waals surface area (Å²) in [5, 5.41) is 0. The molecule has 4 heteroatoms. The molecule has 2 atom stereocenters. The van der Waals surface area contributed by atoms with E-state index in [1.807, 2.05) is 4.90 Å². The van der Waals surface area contributed by atoms with Crippen LogP contribution in [0.4, 0.5) is 4.39 Å². The van der Waals surface area contributed by atoms with Gasteiger partial charge in [-0.2, -0.15) is 0 Å². The fourth-order valence-corrected chi connectivity index (χ4v) is 2.51. The van der Waals surface area contributed by atoms with Crippen LogP contribution in [-0.4, -0.2) is 29.9 Å². The highest BCUT2D eigenvalue weighted by Gasteiger charge is 2.54. The predicted octanol–water partition coefficient (Wildman–Crippen LogP) is 0.855. The van der Waals surface area contributed by atoms with Crippen LogP contribution in [0.2, 0.25) is 0 Å². The highest BCUT2D eigenvalue weighted by molar-refractivity contribution is 5.94. The standard InChI is InChI=1S/C12H13FN2O/c13-8-3-1-7(2-4-8)12(16)15-5-9-10(6-15)11(9)14/h1-4,9-11H,5-6,14H2. The molecule has 2 N–H and O–H groups in total. The molecule has 2 fully saturated rings. The summed E-state index contributed by atoms with van der Waals surface area (Å²) in [7, 11) is 0. The second kappa shape index (κ2) is 3.28. The molecule has 3 nitrogen and oxygen atoms in total. The number of carbonyl (C=O) groups is 1. The van der Waals surface area contributed by atoms with Crippen molar-refractivity contribution in [2.45, 2.75) is 6.04 Å². The minimum absolute atomic E-state index is 0.0144. The van der Waals surface area contributed by atoms with Crippen LogP contribution in [0.3, 0.4) is 0 Å². The third-order valence-corrected chi connectivity index (χ3v) is 3.64. The Labute approximate surface area is 93.0 Å². The van der Waals surface area contributed by atoms with E-state index in [0.717, 1.165) is 13.1 Å². The second-order valence-corrected chi connectivity index (χ2v) is 4.62. The Kier molecular flexibility index (Phi) is 2.01. The van der Waals surface area contributed by atoms with Gasteiger partial charge in [0.25, 0.3) is 5.91 Å². The number of piperidine rings is 1. The van der Waals surface area contributed by atoms with Gasteiger partial charge in [0.1, 0.15) is 5.82 Å². The van der Waals surface area contributed by atoms with Crippen molar-refractivity contribution in [1.82, 2.24) is 4.90 Å². The fourth-order valence-electron chi connectivity index (χ4n) is 2.51. The average molecular weight is 220 g/mol. The number of amides is 1. The molecule has 2 unspecified atom stereocenters. The molecule has 0 bridgehead atoms. The molecule has 1 amide bonds. The van der Waals surface area contributed by atoms with Gasteiger partial charge in [0, 0.05) is 24.7 Å². The molecule has 0 aromatic heterocycles. The molecule has 1 aromatic carbocycles. The lowest BCUT2D eigenvalue weighted by atomic mass is 10.2. The third kappa shape index (κ3) is 1.41. The maximum absolute atomic E-state index is 12.7. The molecular weight excluding hydrogens is 207 g/mol. The van der Waals surface area contributed by atoms with E-state index in [4.69, 9.17) is 5.73 Å². The molecule has 3 rings (SSSR count). The van der Waals surface area contributed by atoms with Crippen molar-refractivity contribution >= 4 is 5.91 Å². The molecule has 16 heavy (non-hydrogen) atoms. The summed E-state index contributed by atoms with van der Waals surface area (Å²) in [6, 6.07) is 5.98. The van der Waals surface area contributed by atoms with E-state index >= 15 is 0 Å². The van der Waals surface area contributed by atoms with Gasteiger partial charge >= 0.3 is 0 Å². The number of carbonyl (C=O) groups excluding carboxylic acids is 1. The maximum atomic E-state index is 12.7. The second-order valence-electron chi connectivity index (χ2n) is 4.62. The Hall–Kier alpha value is -1.42. The lowest BCUT2D eigenvalue weighted by molar-refractivity contribution is 0.0773. The van der Waals surface area contributed by atoms with Crippen molar-refractivity contribution in [2.24, 2.45) is 17.6 Å². The van der Waals surface area contributed by atoms with Crippen molar-refractivity contribution in [1.29, 1.82) is 0 Å². The molecule has 0 radical (unpaired) electrons. The summed E-state index contributed by atoms with van der Waals surface area (Å²) in [5.74, 6) is 0.649. The largest absolute Gasteiger partial charge is 0.338 e. The number of nitrogens with zero attached hydrogens (tertiary/aromatic N) is 1. The van der Waals surface area contributed by atoms with E-state index in [1.165, 1.54) is 24.3 Å². The molecule has 1 saturated carbocycles. The Bertz CT molecular complexity index is 419. The fraction of sp³-hybridized carbons (Fsp3) is 0.417. The normalized spacial score (nSPS) is 31.4. The van der Waals surface area contributed by atoms with E-state index in [1.54, 1.807) is 0 Å². The first kappa shape index (κ1) is 9.78. The molecule has 1 aromatic rings. The monoisotopic (exact) mass is 220 g/mol. The van der Waals surface area contributed by atoms with Crippen molar-refractivity contribution in [3.8, 4) is 0 Å². The molecule has 0 spiro atoms. The summed E-state index contributed by atoms with van der Waals surface area (Å²) >= 11 is 0. The zero-order valence-electron chi connectivity index (χ0n) is 8.77. The van der Waals surface area contributed by atoms with Gasteiger partial charge in [-0.1, -0.05) is 0 Å². The number of fused-ring (bicyclic) bond motifs is 1. The van der Waals surface area contributed by atoms with E-state index in [0.29, 0.717) is 17.4 Å². The Morgan fingerprint density at radius 3 is 2.38 bits per heavy atom. The van der Waals surface area contributed by atoms with Gasteiger partial charge in [0.05, 0.1) is 0 Å². The van der Waals surface area contributed by atoms with Gasteiger partial charge in [0.2, 0.25) is 0 Å². The van der Waals surface area contributed by atoms with Crippen LogP contribution in [0, 0.1) is 17.7 Å². The Morgan fingerprint density at radius 1 is 1.25 bits per heavy atom. The van der Waals surface area contributed by atoms with Gasteiger partial charge < -0.3 is 10.6 Å². The number of likely N-dealkylation sites (tertiary alicyclic amines) is 1. The van der Waals surface area contributed by atoms with Crippen LogP contribution in [0.25, 0.3) is 0 Å². The van der Waals surface area contributed by atoms with Crippen molar-refractivity contribution in [3.63, 3.8) is 0 Å². The first-order valence-corrected chi connectivity index (χ1v) is 5.47. The molecule has 1 aliphatic heterocycles. The molecule has 84 valence electrons. The van der Waals surface area contributed by atoms with Crippen LogP contribution in [0.5, 0.6) is 0 Å². The molecule has 1 saturated heterocycles. The van der Waals surface area contributed by atoms with Crippen molar-refractivity contribution in [3.05, 3.63) is 35.6 Å². The number of nitrogens with two attached hydrogens (primary N) is 1. The van der Waals surface area contributed by atoms with E-state index in [9.17, 15) is 9.18 Å².